The number of carbonyl (C=O) groups is 1. The minimum Gasteiger partial charge on any atom is -0.438 e. The normalized spacial score (nSPS) is 13.6. The first-order chi connectivity index (χ1) is 17.2. The molecule has 0 radical (unpaired) electrons. The molecule has 1 amide bonds. The molecule has 0 atom stereocenters. The van der Waals surface area contributed by atoms with E-state index in [2.05, 4.69) is 20.7 Å². The van der Waals surface area contributed by atoms with Crippen molar-refractivity contribution < 1.29 is 19.0 Å². The Hall–Kier alpha value is -3.98. The quantitative estimate of drug-likeness (QED) is 0.331. The van der Waals surface area contributed by atoms with Gasteiger partial charge in [0, 0.05) is 29.8 Å². The largest absolute Gasteiger partial charge is 0.438 e. The molecule has 5 rings (SSSR count). The first-order valence-electron chi connectivity index (χ1n) is 11.9. The average Bonchev–Trinajstić information content (AvgIpc) is 3.53. The highest BCUT2D eigenvalue weighted by molar-refractivity contribution is 5.96. The molecule has 8 nitrogen and oxygen atoms in total. The topological polar surface area (TPSA) is 101 Å². The number of aromatic nitrogens is 3. The second-order valence-corrected chi connectivity index (χ2v) is 9.77. The maximum absolute atomic E-state index is 13.3. The number of hydrogen-bond acceptors (Lipinski definition) is 6. The van der Waals surface area contributed by atoms with Crippen LogP contribution in [0.1, 0.15) is 42.6 Å². The molecular formula is C27H28FN5O3. The van der Waals surface area contributed by atoms with Crippen LogP contribution >= 0.6 is 0 Å². The number of halogens is 1. The third-order valence-electron chi connectivity index (χ3n) is 5.87. The standard InChI is InChI=1S/C27H28FN5O3/c1-16-12-17(4-11-21(16)26(34)31-19-7-8-19)23-14-29-25-22(30-15-27(2,3)35)13-24(32-33(23)25)36-20-9-5-18(28)6-10-20/h4-6,9-14,19,30,35H,7-8,15H2,1-3H3,(H,31,34). The van der Waals surface area contributed by atoms with Gasteiger partial charge in [0.05, 0.1) is 23.2 Å². The van der Waals surface area contributed by atoms with Gasteiger partial charge in [0.2, 0.25) is 5.88 Å². The highest BCUT2D eigenvalue weighted by Gasteiger charge is 2.25. The molecule has 0 unspecified atom stereocenters. The Morgan fingerprint density at radius 2 is 1.94 bits per heavy atom. The number of nitrogens with one attached hydrogen (secondary N) is 2. The van der Waals surface area contributed by atoms with Crippen LogP contribution < -0.4 is 15.4 Å². The second-order valence-electron chi connectivity index (χ2n) is 9.77. The van der Waals surface area contributed by atoms with Crippen LogP contribution in [0.5, 0.6) is 11.6 Å². The Kier molecular flexibility index (Phi) is 6.09. The van der Waals surface area contributed by atoms with Gasteiger partial charge >= 0.3 is 0 Å². The fraction of sp³-hybridized carbons (Fsp3) is 0.296. The molecule has 0 bridgehead atoms. The summed E-state index contributed by atoms with van der Waals surface area (Å²) >= 11 is 0. The molecule has 9 heteroatoms. The van der Waals surface area contributed by atoms with Crippen molar-refractivity contribution in [3.8, 4) is 22.9 Å². The van der Waals surface area contributed by atoms with Gasteiger partial charge in [-0.2, -0.15) is 0 Å². The number of benzene rings is 2. The van der Waals surface area contributed by atoms with Crippen molar-refractivity contribution in [2.75, 3.05) is 11.9 Å². The Labute approximate surface area is 208 Å². The molecule has 186 valence electrons. The number of hydrogen-bond donors (Lipinski definition) is 3. The van der Waals surface area contributed by atoms with E-state index in [0.29, 0.717) is 28.3 Å². The number of aliphatic hydroxyl groups is 1. The molecule has 0 spiro atoms. The minimum absolute atomic E-state index is 0.0640. The monoisotopic (exact) mass is 489 g/mol. The maximum atomic E-state index is 13.3. The predicted molar refractivity (Wildman–Crippen MR) is 135 cm³/mol. The first-order valence-corrected chi connectivity index (χ1v) is 11.9. The molecule has 3 N–H and O–H groups in total. The molecule has 4 aromatic rings. The maximum Gasteiger partial charge on any atom is 0.251 e. The summed E-state index contributed by atoms with van der Waals surface area (Å²) in [6, 6.07) is 13.3. The highest BCUT2D eigenvalue weighted by Crippen LogP contribution is 2.30. The summed E-state index contributed by atoms with van der Waals surface area (Å²) in [5, 5.41) is 21.1. The average molecular weight is 490 g/mol. The molecule has 0 aliphatic heterocycles. The number of amides is 1. The van der Waals surface area contributed by atoms with E-state index in [1.165, 1.54) is 24.3 Å². The molecule has 2 aromatic carbocycles. The summed E-state index contributed by atoms with van der Waals surface area (Å²) in [6.07, 6.45) is 3.77. The van der Waals surface area contributed by atoms with Gasteiger partial charge in [0.25, 0.3) is 5.91 Å². The first kappa shape index (κ1) is 23.7. The number of imidazole rings is 1. The molecule has 0 saturated heterocycles. The fourth-order valence-electron chi connectivity index (χ4n) is 3.83. The van der Waals surface area contributed by atoms with Gasteiger partial charge in [0.1, 0.15) is 11.6 Å². The van der Waals surface area contributed by atoms with E-state index in [1.807, 2.05) is 25.1 Å². The second kappa shape index (κ2) is 9.23. The summed E-state index contributed by atoms with van der Waals surface area (Å²) in [5.74, 6) is 0.273. The van der Waals surface area contributed by atoms with Crippen molar-refractivity contribution in [3.05, 3.63) is 71.7 Å². The lowest BCUT2D eigenvalue weighted by atomic mass is 10.0. The van der Waals surface area contributed by atoms with E-state index >= 15 is 0 Å². The molecule has 2 heterocycles. The van der Waals surface area contributed by atoms with Crippen LogP contribution in [0.25, 0.3) is 16.9 Å². The molecule has 2 aromatic heterocycles. The van der Waals surface area contributed by atoms with E-state index in [0.717, 1.165) is 24.0 Å². The molecule has 1 fully saturated rings. The van der Waals surface area contributed by atoms with Gasteiger partial charge in [0.15, 0.2) is 5.65 Å². The van der Waals surface area contributed by atoms with Crippen molar-refractivity contribution in [1.29, 1.82) is 0 Å². The lowest BCUT2D eigenvalue weighted by Crippen LogP contribution is -2.29. The summed E-state index contributed by atoms with van der Waals surface area (Å²) in [7, 11) is 0. The van der Waals surface area contributed by atoms with E-state index in [-0.39, 0.29) is 30.2 Å². The molecular weight excluding hydrogens is 461 g/mol. The zero-order valence-corrected chi connectivity index (χ0v) is 20.4. The lowest BCUT2D eigenvalue weighted by Gasteiger charge is -2.19. The van der Waals surface area contributed by atoms with Crippen molar-refractivity contribution in [1.82, 2.24) is 19.9 Å². The zero-order valence-electron chi connectivity index (χ0n) is 20.4. The summed E-state index contributed by atoms with van der Waals surface area (Å²) < 4.78 is 20.9. The SMILES string of the molecule is Cc1cc(-c2cnc3c(NCC(C)(C)O)cc(Oc4ccc(F)cc4)nn23)ccc1C(=O)NC1CC1. The van der Waals surface area contributed by atoms with Crippen molar-refractivity contribution in [2.45, 2.75) is 45.3 Å². The van der Waals surface area contributed by atoms with Crippen LogP contribution in [0.2, 0.25) is 0 Å². The van der Waals surface area contributed by atoms with Crippen LogP contribution in [0.4, 0.5) is 10.1 Å². The zero-order chi connectivity index (χ0) is 25.4. The summed E-state index contributed by atoms with van der Waals surface area (Å²) in [4.78, 5) is 17.1. The van der Waals surface area contributed by atoms with Crippen molar-refractivity contribution in [3.63, 3.8) is 0 Å². The number of nitrogens with zero attached hydrogens (tertiary/aromatic N) is 3. The molecule has 1 saturated carbocycles. The predicted octanol–water partition coefficient (Wildman–Crippen LogP) is 4.71. The molecule has 1 aliphatic rings. The Morgan fingerprint density at radius 1 is 1.19 bits per heavy atom. The number of rotatable bonds is 8. The lowest BCUT2D eigenvalue weighted by molar-refractivity contribution is 0.0940. The van der Waals surface area contributed by atoms with Crippen LogP contribution in [0.15, 0.2) is 54.7 Å². The van der Waals surface area contributed by atoms with Crippen LogP contribution in [-0.4, -0.2) is 43.8 Å². The van der Waals surface area contributed by atoms with Gasteiger partial charge in [-0.25, -0.2) is 13.9 Å². The molecule has 36 heavy (non-hydrogen) atoms. The smallest absolute Gasteiger partial charge is 0.251 e. The number of ether oxygens (including phenoxy) is 1. The minimum atomic E-state index is -0.957. The van der Waals surface area contributed by atoms with Crippen LogP contribution in [-0.2, 0) is 0 Å². The number of aryl methyl sites for hydroxylation is 1. The number of anilines is 1. The Morgan fingerprint density at radius 3 is 2.61 bits per heavy atom. The van der Waals surface area contributed by atoms with E-state index in [9.17, 15) is 14.3 Å². The number of fused-ring (bicyclic) bond motifs is 1. The summed E-state index contributed by atoms with van der Waals surface area (Å²) in [5.41, 5.74) is 3.24. The Balaban J connectivity index is 1.53. The fourth-order valence-corrected chi connectivity index (χ4v) is 3.83. The van der Waals surface area contributed by atoms with Gasteiger partial charge in [-0.05, 0) is 75.6 Å². The highest BCUT2D eigenvalue weighted by atomic mass is 19.1. The van der Waals surface area contributed by atoms with E-state index < -0.39 is 5.60 Å². The molecule has 1 aliphatic carbocycles. The number of carbonyl (C=O) groups excluding carboxylic acids is 1. The Bertz CT molecular complexity index is 1420. The van der Waals surface area contributed by atoms with Crippen LogP contribution in [0, 0.1) is 12.7 Å². The van der Waals surface area contributed by atoms with Gasteiger partial charge < -0.3 is 20.5 Å². The van der Waals surface area contributed by atoms with E-state index in [1.54, 1.807) is 30.6 Å². The third-order valence-corrected chi connectivity index (χ3v) is 5.87. The summed E-state index contributed by atoms with van der Waals surface area (Å²) in [6.45, 7) is 5.58. The third kappa shape index (κ3) is 5.31. The van der Waals surface area contributed by atoms with Crippen LogP contribution in [0.3, 0.4) is 0 Å². The van der Waals surface area contributed by atoms with Gasteiger partial charge in [-0.15, -0.1) is 5.10 Å². The van der Waals surface area contributed by atoms with E-state index in [4.69, 9.17) is 4.74 Å². The van der Waals surface area contributed by atoms with Crippen molar-refractivity contribution >= 4 is 17.2 Å². The van der Waals surface area contributed by atoms with Gasteiger partial charge in [-0.3, -0.25) is 4.79 Å². The van der Waals surface area contributed by atoms with Gasteiger partial charge in [-0.1, -0.05) is 6.07 Å². The van der Waals surface area contributed by atoms with Crippen molar-refractivity contribution in [2.24, 2.45) is 0 Å².